The van der Waals surface area contributed by atoms with E-state index < -0.39 is 0 Å². The third kappa shape index (κ3) is 7.14. The fraction of sp³-hybridized carbons (Fsp3) is 0.654. The summed E-state index contributed by atoms with van der Waals surface area (Å²) in [6.45, 7) is 2.23. The molecular weight excluding hydrogens is 548 g/mol. The maximum Gasteiger partial charge on any atom is 0.237 e. The van der Waals surface area contributed by atoms with Gasteiger partial charge in [0.2, 0.25) is 17.7 Å². The van der Waals surface area contributed by atoms with Gasteiger partial charge in [0, 0.05) is 21.8 Å². The fourth-order valence-corrected chi connectivity index (χ4v) is 6.13. The molecule has 2 aliphatic rings. The first-order valence-electron chi connectivity index (χ1n) is 12.5. The molecule has 4 atom stereocenters. The zero-order valence-corrected chi connectivity index (χ0v) is 22.7. The summed E-state index contributed by atoms with van der Waals surface area (Å²) in [5.74, 6) is -0.840. The molecule has 182 valence electrons. The third-order valence-corrected chi connectivity index (χ3v) is 9.54. The first-order valence-corrected chi connectivity index (χ1v) is 14.3. The Labute approximate surface area is 214 Å². The highest BCUT2D eigenvalue weighted by Crippen LogP contribution is 2.44. The van der Waals surface area contributed by atoms with E-state index in [-0.39, 0.29) is 39.2 Å². The smallest absolute Gasteiger partial charge is 0.237 e. The van der Waals surface area contributed by atoms with Crippen molar-refractivity contribution in [3.8, 4) is 0 Å². The lowest BCUT2D eigenvalue weighted by molar-refractivity contribution is -0.122. The molecule has 1 N–H and O–H groups in total. The Bertz CT molecular complexity index is 804. The number of hydrogen-bond donors (Lipinski definition) is 1. The van der Waals surface area contributed by atoms with Crippen molar-refractivity contribution in [2.45, 2.75) is 93.6 Å². The molecule has 1 aromatic carbocycles. The molecule has 0 bridgehead atoms. The van der Waals surface area contributed by atoms with Crippen LogP contribution in [0, 0.1) is 11.8 Å². The molecule has 0 unspecified atom stereocenters. The van der Waals surface area contributed by atoms with Crippen LogP contribution in [0.5, 0.6) is 0 Å². The normalized spacial score (nSPS) is 24.8. The molecule has 1 heterocycles. The van der Waals surface area contributed by atoms with E-state index >= 15 is 0 Å². The number of fused-ring (bicyclic) bond motifs is 1. The minimum atomic E-state index is -0.277. The van der Waals surface area contributed by atoms with Crippen molar-refractivity contribution in [3.05, 3.63) is 24.3 Å². The van der Waals surface area contributed by atoms with Crippen molar-refractivity contribution in [2.24, 2.45) is 11.8 Å². The minimum absolute atomic E-state index is 0.0212. The molecule has 3 rings (SSSR count). The van der Waals surface area contributed by atoms with Gasteiger partial charge in [0.05, 0.1) is 17.5 Å². The van der Waals surface area contributed by atoms with Crippen LogP contribution in [0.25, 0.3) is 0 Å². The summed E-state index contributed by atoms with van der Waals surface area (Å²) in [5.41, 5.74) is 1.16. The van der Waals surface area contributed by atoms with Gasteiger partial charge >= 0.3 is 0 Å². The molecule has 3 amide bonds. The molecule has 1 aliphatic heterocycles. The van der Waals surface area contributed by atoms with Crippen LogP contribution in [0.3, 0.4) is 0 Å². The maximum atomic E-state index is 13.0. The van der Waals surface area contributed by atoms with Crippen molar-refractivity contribution in [2.75, 3.05) is 10.2 Å². The molecule has 1 aliphatic carbocycles. The van der Waals surface area contributed by atoms with Gasteiger partial charge < -0.3 is 5.32 Å². The van der Waals surface area contributed by atoms with Gasteiger partial charge in [0.25, 0.3) is 0 Å². The number of rotatable bonds is 12. The second-order valence-corrected chi connectivity index (χ2v) is 11.8. The zero-order chi connectivity index (χ0) is 23.8. The van der Waals surface area contributed by atoms with Crippen LogP contribution in [-0.4, -0.2) is 27.4 Å². The summed E-state index contributed by atoms with van der Waals surface area (Å²) in [4.78, 5) is 40.1. The molecule has 2 fully saturated rings. The van der Waals surface area contributed by atoms with Gasteiger partial charge in [-0.05, 0) is 37.5 Å². The number of imide groups is 1. The molecule has 7 heteroatoms. The molecule has 1 aromatic rings. The summed E-state index contributed by atoms with van der Waals surface area (Å²) >= 11 is 7.25. The summed E-state index contributed by atoms with van der Waals surface area (Å²) in [5, 5.41) is 2.93. The molecule has 0 spiro atoms. The number of halogens is 2. The van der Waals surface area contributed by atoms with Crippen LogP contribution in [0.4, 0.5) is 11.4 Å². The van der Waals surface area contributed by atoms with E-state index in [1.54, 1.807) is 24.3 Å². The average molecular weight is 584 g/mol. The largest absolute Gasteiger partial charge is 0.326 e. The first-order chi connectivity index (χ1) is 15.9. The SMILES string of the molecule is CCCCCCCCCCCC(=O)Nc1cccc(N2C(=O)[C@H]3C[C@@H](Br)[C@@H](Br)C[C@H]3C2=O)c1. The number of benzene rings is 1. The van der Waals surface area contributed by atoms with Crippen molar-refractivity contribution >= 4 is 61.0 Å². The molecule has 5 nitrogen and oxygen atoms in total. The Morgan fingerprint density at radius 2 is 1.45 bits per heavy atom. The number of carbonyl (C=O) groups excluding carboxylic acids is 3. The molecule has 0 aromatic heterocycles. The van der Waals surface area contributed by atoms with Gasteiger partial charge in [0.1, 0.15) is 0 Å². The summed E-state index contributed by atoms with van der Waals surface area (Å²) in [6.07, 6.45) is 12.7. The highest BCUT2D eigenvalue weighted by molar-refractivity contribution is 9.12. The molecular formula is C26H36Br2N2O3. The van der Waals surface area contributed by atoms with Crippen LogP contribution in [-0.2, 0) is 14.4 Å². The lowest BCUT2D eigenvalue weighted by Crippen LogP contribution is -2.34. The van der Waals surface area contributed by atoms with Gasteiger partial charge in [-0.25, -0.2) is 4.90 Å². The maximum absolute atomic E-state index is 13.0. The van der Waals surface area contributed by atoms with Gasteiger partial charge in [-0.15, -0.1) is 0 Å². The number of carbonyl (C=O) groups is 3. The Morgan fingerprint density at radius 3 is 2.03 bits per heavy atom. The molecule has 1 saturated heterocycles. The number of amides is 3. The van der Waals surface area contributed by atoms with Gasteiger partial charge in [0.15, 0.2) is 0 Å². The first kappa shape index (κ1) is 26.4. The Kier molecular flexibility index (Phi) is 10.4. The van der Waals surface area contributed by atoms with Gasteiger partial charge in [-0.1, -0.05) is 96.2 Å². The van der Waals surface area contributed by atoms with E-state index in [9.17, 15) is 14.4 Å². The number of alkyl halides is 2. The average Bonchev–Trinajstić information content (AvgIpc) is 3.02. The summed E-state index contributed by atoms with van der Waals surface area (Å²) in [7, 11) is 0. The standard InChI is InChI=1S/C26H36Br2N2O3/c1-2-3-4-5-6-7-8-9-10-14-24(31)29-18-12-11-13-19(15-18)30-25(32)20-16-22(27)23(28)17-21(20)26(30)33/h11-13,15,20-23H,2-10,14,16-17H2,1H3,(H,29,31)/t20-,21+,22+,23-. The third-order valence-electron chi connectivity index (χ3n) is 6.81. The topological polar surface area (TPSA) is 66.5 Å². The quantitative estimate of drug-likeness (QED) is 0.164. The Balaban J connectivity index is 1.46. The Hall–Kier alpha value is -1.21. The fourth-order valence-electron chi connectivity index (χ4n) is 4.89. The van der Waals surface area contributed by atoms with Crippen molar-refractivity contribution in [1.82, 2.24) is 0 Å². The molecule has 33 heavy (non-hydrogen) atoms. The predicted molar refractivity (Wildman–Crippen MR) is 141 cm³/mol. The van der Waals surface area contributed by atoms with Crippen LogP contribution < -0.4 is 10.2 Å². The number of anilines is 2. The van der Waals surface area contributed by atoms with Crippen LogP contribution in [0.2, 0.25) is 0 Å². The molecule has 0 radical (unpaired) electrons. The lowest BCUT2D eigenvalue weighted by atomic mass is 9.81. The van der Waals surface area contributed by atoms with E-state index in [0.29, 0.717) is 30.6 Å². The van der Waals surface area contributed by atoms with Crippen LogP contribution in [0.15, 0.2) is 24.3 Å². The van der Waals surface area contributed by atoms with E-state index in [1.165, 1.54) is 49.8 Å². The zero-order valence-electron chi connectivity index (χ0n) is 19.5. The number of nitrogens with one attached hydrogen (secondary N) is 1. The van der Waals surface area contributed by atoms with E-state index in [4.69, 9.17) is 0 Å². The monoisotopic (exact) mass is 582 g/mol. The second-order valence-electron chi connectivity index (χ2n) is 9.41. The number of nitrogens with zero attached hydrogens (tertiary/aromatic N) is 1. The highest BCUT2D eigenvalue weighted by Gasteiger charge is 2.52. The lowest BCUT2D eigenvalue weighted by Gasteiger charge is -2.29. The second kappa shape index (κ2) is 13.0. The van der Waals surface area contributed by atoms with Crippen molar-refractivity contribution in [1.29, 1.82) is 0 Å². The van der Waals surface area contributed by atoms with Crippen molar-refractivity contribution in [3.63, 3.8) is 0 Å². The van der Waals surface area contributed by atoms with Crippen LogP contribution >= 0.6 is 31.9 Å². The summed E-state index contributed by atoms with van der Waals surface area (Å²) in [6, 6.07) is 7.09. The Morgan fingerprint density at radius 1 is 0.909 bits per heavy atom. The van der Waals surface area contributed by atoms with E-state index in [0.717, 1.165) is 12.8 Å². The van der Waals surface area contributed by atoms with E-state index in [1.807, 2.05) is 0 Å². The van der Waals surface area contributed by atoms with Gasteiger partial charge in [-0.2, -0.15) is 0 Å². The number of hydrogen-bond acceptors (Lipinski definition) is 3. The summed E-state index contributed by atoms with van der Waals surface area (Å²) < 4.78 is 0. The predicted octanol–water partition coefficient (Wildman–Crippen LogP) is 6.97. The van der Waals surface area contributed by atoms with Crippen LogP contribution in [0.1, 0.15) is 84.0 Å². The van der Waals surface area contributed by atoms with E-state index in [2.05, 4.69) is 44.1 Å². The van der Waals surface area contributed by atoms with Gasteiger partial charge in [-0.3, -0.25) is 14.4 Å². The minimum Gasteiger partial charge on any atom is -0.326 e. The van der Waals surface area contributed by atoms with Crippen molar-refractivity contribution < 1.29 is 14.4 Å². The molecule has 1 saturated carbocycles. The highest BCUT2D eigenvalue weighted by atomic mass is 79.9. The number of unbranched alkanes of at least 4 members (excludes halogenated alkanes) is 8.